The molecule has 0 radical (unpaired) electrons. The normalized spacial score (nSPS) is 13.6. The van der Waals surface area contributed by atoms with Crippen molar-refractivity contribution in [2.45, 2.75) is 0 Å². The SMILES string of the molecule is C=CCOP(O)OP(O)O. The second kappa shape index (κ2) is 6.13. The average Bonchev–Trinajstić information content (AvgIpc) is 1.82. The number of rotatable bonds is 5. The van der Waals surface area contributed by atoms with Gasteiger partial charge < -0.3 is 19.2 Å². The lowest BCUT2D eigenvalue weighted by Crippen LogP contribution is -1.85. The van der Waals surface area contributed by atoms with Crippen molar-refractivity contribution in [3.05, 3.63) is 12.7 Å². The minimum atomic E-state index is -2.54. The Labute approximate surface area is 60.9 Å². The van der Waals surface area contributed by atoms with Crippen molar-refractivity contribution < 1.29 is 23.5 Å². The van der Waals surface area contributed by atoms with Crippen LogP contribution in [0, 0.1) is 0 Å². The van der Waals surface area contributed by atoms with Gasteiger partial charge in [0.25, 0.3) is 0 Å². The van der Waals surface area contributed by atoms with Crippen LogP contribution in [0.3, 0.4) is 0 Å². The third kappa shape index (κ3) is 6.52. The monoisotopic (exact) mass is 186 g/mol. The minimum absolute atomic E-state index is 0.116. The van der Waals surface area contributed by atoms with Crippen LogP contribution >= 0.6 is 17.2 Å². The quantitative estimate of drug-likeness (QED) is 0.433. The summed E-state index contributed by atoms with van der Waals surface area (Å²) >= 11 is 0. The van der Waals surface area contributed by atoms with E-state index in [9.17, 15) is 0 Å². The highest BCUT2D eigenvalue weighted by Crippen LogP contribution is 2.45. The van der Waals surface area contributed by atoms with Gasteiger partial charge in [0.1, 0.15) is 0 Å². The van der Waals surface area contributed by atoms with Crippen molar-refractivity contribution in [2.24, 2.45) is 0 Å². The Bertz CT molecular complexity index is 96.9. The molecule has 0 aromatic rings. The van der Waals surface area contributed by atoms with Crippen LogP contribution in [0.5, 0.6) is 0 Å². The first kappa shape index (κ1) is 10.4. The van der Waals surface area contributed by atoms with E-state index >= 15 is 0 Å². The van der Waals surface area contributed by atoms with E-state index < -0.39 is 17.2 Å². The zero-order valence-electron chi connectivity index (χ0n) is 5.04. The van der Waals surface area contributed by atoms with E-state index in [2.05, 4.69) is 15.4 Å². The molecule has 0 aliphatic rings. The third-order valence-corrected chi connectivity index (χ3v) is 1.96. The lowest BCUT2D eigenvalue weighted by molar-refractivity contribution is 0.270. The molecule has 0 rings (SSSR count). The largest absolute Gasteiger partial charge is 0.337 e. The molecule has 0 aromatic heterocycles. The second-order valence-electron chi connectivity index (χ2n) is 1.16. The standard InChI is InChI=1S/C3H8O5P2/c1-2-3-7-10(6)8-9(4)5/h2,4-6H,1,3H2. The molecule has 5 nitrogen and oxygen atoms in total. The van der Waals surface area contributed by atoms with Gasteiger partial charge in [-0.2, -0.15) is 0 Å². The molecule has 3 N–H and O–H groups in total. The maximum atomic E-state index is 8.62. The Balaban J connectivity index is 3.24. The molecule has 0 bridgehead atoms. The van der Waals surface area contributed by atoms with E-state index in [-0.39, 0.29) is 6.61 Å². The fourth-order valence-electron chi connectivity index (χ4n) is 0.203. The maximum absolute atomic E-state index is 8.62. The van der Waals surface area contributed by atoms with Crippen molar-refractivity contribution in [1.82, 2.24) is 0 Å². The van der Waals surface area contributed by atoms with Crippen molar-refractivity contribution in [2.75, 3.05) is 6.61 Å². The van der Waals surface area contributed by atoms with Gasteiger partial charge in [0.05, 0.1) is 6.61 Å². The molecule has 7 heteroatoms. The van der Waals surface area contributed by atoms with Gasteiger partial charge in [0.15, 0.2) is 0 Å². The van der Waals surface area contributed by atoms with Crippen LogP contribution in [0.4, 0.5) is 0 Å². The number of hydrogen-bond donors (Lipinski definition) is 3. The van der Waals surface area contributed by atoms with E-state index in [4.69, 9.17) is 14.7 Å². The topological polar surface area (TPSA) is 79.2 Å². The molecule has 0 spiro atoms. The predicted molar refractivity (Wildman–Crippen MR) is 37.7 cm³/mol. The molecule has 0 aromatic carbocycles. The Morgan fingerprint density at radius 1 is 1.40 bits per heavy atom. The van der Waals surface area contributed by atoms with Crippen LogP contribution in [0.15, 0.2) is 12.7 Å². The highest BCUT2D eigenvalue weighted by Gasteiger charge is 2.11. The van der Waals surface area contributed by atoms with Gasteiger partial charge in [-0.3, -0.25) is 0 Å². The highest BCUT2D eigenvalue weighted by atomic mass is 31.2. The maximum Gasteiger partial charge on any atom is 0.337 e. The summed E-state index contributed by atoms with van der Waals surface area (Å²) < 4.78 is 8.56. The van der Waals surface area contributed by atoms with Gasteiger partial charge in [-0.25, -0.2) is 4.31 Å². The van der Waals surface area contributed by atoms with Crippen LogP contribution in [0.1, 0.15) is 0 Å². The number of hydrogen-bond acceptors (Lipinski definition) is 5. The van der Waals surface area contributed by atoms with Crippen molar-refractivity contribution in [3.63, 3.8) is 0 Å². The van der Waals surface area contributed by atoms with Crippen LogP contribution in [-0.4, -0.2) is 21.3 Å². The third-order valence-electron chi connectivity index (χ3n) is 0.446. The predicted octanol–water partition coefficient (Wildman–Crippen LogP) is 0.636. The zero-order valence-corrected chi connectivity index (χ0v) is 6.83. The Morgan fingerprint density at radius 2 is 2.00 bits per heavy atom. The first-order valence-electron chi connectivity index (χ1n) is 2.25. The summed E-state index contributed by atoms with van der Waals surface area (Å²) in [5, 5.41) is 0. The van der Waals surface area contributed by atoms with Gasteiger partial charge in [0.2, 0.25) is 0 Å². The molecule has 0 amide bonds. The van der Waals surface area contributed by atoms with Gasteiger partial charge in [0, 0.05) is 0 Å². The Hall–Kier alpha value is 0.400. The zero-order chi connectivity index (χ0) is 7.98. The summed E-state index contributed by atoms with van der Waals surface area (Å²) in [6.45, 7) is 3.43. The average molecular weight is 186 g/mol. The lowest BCUT2D eigenvalue weighted by Gasteiger charge is -2.07. The van der Waals surface area contributed by atoms with Gasteiger partial charge in [-0.1, -0.05) is 6.08 Å². The van der Waals surface area contributed by atoms with Crippen molar-refractivity contribution in [1.29, 1.82) is 0 Å². The van der Waals surface area contributed by atoms with Crippen molar-refractivity contribution >= 4 is 17.2 Å². The first-order valence-corrected chi connectivity index (χ1v) is 4.55. The van der Waals surface area contributed by atoms with Gasteiger partial charge >= 0.3 is 17.2 Å². The molecular formula is C3H8O5P2. The minimum Gasteiger partial charge on any atom is -0.328 e. The summed E-state index contributed by atoms with van der Waals surface area (Å²) in [5.41, 5.74) is 0. The summed E-state index contributed by atoms with van der Waals surface area (Å²) in [6, 6.07) is 0. The van der Waals surface area contributed by atoms with Crippen LogP contribution in [0.25, 0.3) is 0 Å². The highest BCUT2D eigenvalue weighted by molar-refractivity contribution is 7.54. The first-order chi connectivity index (χ1) is 4.66. The van der Waals surface area contributed by atoms with E-state index in [0.29, 0.717) is 0 Å². The molecule has 60 valence electrons. The molecule has 0 saturated carbocycles. The van der Waals surface area contributed by atoms with E-state index in [1.165, 1.54) is 6.08 Å². The van der Waals surface area contributed by atoms with Gasteiger partial charge in [-0.15, -0.1) is 6.58 Å². The lowest BCUT2D eigenvalue weighted by atomic mass is 10.7. The Kier molecular flexibility index (Phi) is 6.38. The van der Waals surface area contributed by atoms with Crippen LogP contribution < -0.4 is 0 Å². The molecule has 0 aliphatic heterocycles. The van der Waals surface area contributed by atoms with E-state index in [0.717, 1.165) is 0 Å². The fraction of sp³-hybridized carbons (Fsp3) is 0.333. The second-order valence-corrected chi connectivity index (χ2v) is 3.05. The summed E-state index contributed by atoms with van der Waals surface area (Å²) in [6.07, 6.45) is 1.41. The van der Waals surface area contributed by atoms with E-state index in [1.54, 1.807) is 0 Å². The summed E-state index contributed by atoms with van der Waals surface area (Å²) in [7, 11) is -4.71. The molecule has 1 atom stereocenters. The fourth-order valence-corrected chi connectivity index (χ4v) is 1.12. The molecule has 0 aliphatic carbocycles. The summed E-state index contributed by atoms with van der Waals surface area (Å²) in [4.78, 5) is 25.0. The smallest absolute Gasteiger partial charge is 0.328 e. The molecular weight excluding hydrogens is 178 g/mol. The van der Waals surface area contributed by atoms with Crippen molar-refractivity contribution in [3.8, 4) is 0 Å². The summed E-state index contributed by atoms with van der Waals surface area (Å²) in [5.74, 6) is 0. The van der Waals surface area contributed by atoms with E-state index in [1.807, 2.05) is 0 Å². The Morgan fingerprint density at radius 3 is 2.40 bits per heavy atom. The molecule has 0 heterocycles. The molecule has 0 fully saturated rings. The molecule has 0 saturated heterocycles. The van der Waals surface area contributed by atoms with Gasteiger partial charge in [-0.05, 0) is 0 Å². The molecule has 1 unspecified atom stereocenters. The van der Waals surface area contributed by atoms with Crippen LogP contribution in [0.2, 0.25) is 0 Å². The molecule has 10 heavy (non-hydrogen) atoms. The van der Waals surface area contributed by atoms with Crippen LogP contribution in [-0.2, 0) is 8.83 Å².